The van der Waals surface area contributed by atoms with Gasteiger partial charge >= 0.3 is 0 Å². The molecule has 0 heterocycles. The van der Waals surface area contributed by atoms with Gasteiger partial charge in [-0.15, -0.1) is 0 Å². The lowest BCUT2D eigenvalue weighted by atomic mass is 10.2. The minimum atomic E-state index is -0.0504. The maximum Gasteiger partial charge on any atom is 0.239 e. The quantitative estimate of drug-likeness (QED) is 0.834. The second-order valence-electron chi connectivity index (χ2n) is 4.72. The molecule has 0 aliphatic rings. The number of hydrogen-bond donors (Lipinski definition) is 2. The molecule has 0 fully saturated rings. The molecule has 0 aliphatic heterocycles. The number of aryl methyl sites for hydroxylation is 1. The molecule has 21 heavy (non-hydrogen) atoms. The van der Waals surface area contributed by atoms with Crippen LogP contribution in [0.25, 0.3) is 0 Å². The predicted molar refractivity (Wildman–Crippen MR) is 90.7 cm³/mol. The van der Waals surface area contributed by atoms with Gasteiger partial charge in [0.1, 0.15) is 0 Å². The van der Waals surface area contributed by atoms with Crippen molar-refractivity contribution in [3.8, 4) is 0 Å². The van der Waals surface area contributed by atoms with Crippen molar-refractivity contribution in [3.05, 3.63) is 63.1 Å². The monoisotopic (exact) mass is 366 g/mol. The van der Waals surface area contributed by atoms with Gasteiger partial charge in [-0.05, 0) is 48.4 Å². The Morgan fingerprint density at radius 3 is 2.57 bits per heavy atom. The first kappa shape index (κ1) is 15.9. The Kier molecular flexibility index (Phi) is 5.65. The number of amides is 1. The highest BCUT2D eigenvalue weighted by Gasteiger charge is 2.02. The lowest BCUT2D eigenvalue weighted by Crippen LogP contribution is -2.29. The van der Waals surface area contributed by atoms with Crippen molar-refractivity contribution in [1.29, 1.82) is 0 Å². The van der Waals surface area contributed by atoms with Gasteiger partial charge in [-0.1, -0.05) is 39.7 Å². The minimum Gasteiger partial charge on any atom is -0.376 e. The van der Waals surface area contributed by atoms with Crippen molar-refractivity contribution in [3.63, 3.8) is 0 Å². The van der Waals surface area contributed by atoms with E-state index in [2.05, 4.69) is 26.6 Å². The first-order valence-corrected chi connectivity index (χ1v) is 7.73. The van der Waals surface area contributed by atoms with E-state index in [0.717, 1.165) is 21.3 Å². The Balaban J connectivity index is 1.79. The lowest BCUT2D eigenvalue weighted by Gasteiger charge is -2.09. The molecule has 2 rings (SSSR count). The summed E-state index contributed by atoms with van der Waals surface area (Å²) in [5.74, 6) is -0.0504. The van der Waals surface area contributed by atoms with Crippen molar-refractivity contribution in [1.82, 2.24) is 5.32 Å². The van der Waals surface area contributed by atoms with Crippen LogP contribution in [0.5, 0.6) is 0 Å². The first-order chi connectivity index (χ1) is 10.0. The van der Waals surface area contributed by atoms with Crippen LogP contribution in [0.1, 0.15) is 11.1 Å². The molecule has 2 aromatic carbocycles. The third-order valence-electron chi connectivity index (χ3n) is 3.01. The zero-order valence-electron chi connectivity index (χ0n) is 11.6. The first-order valence-electron chi connectivity index (χ1n) is 6.56. The fourth-order valence-electron chi connectivity index (χ4n) is 1.80. The van der Waals surface area contributed by atoms with Gasteiger partial charge in [-0.3, -0.25) is 4.79 Å². The third-order valence-corrected chi connectivity index (χ3v) is 4.16. The molecule has 0 atom stereocenters. The summed E-state index contributed by atoms with van der Waals surface area (Å²) < 4.78 is 1.06. The highest BCUT2D eigenvalue weighted by atomic mass is 79.9. The Morgan fingerprint density at radius 2 is 1.90 bits per heavy atom. The molecule has 110 valence electrons. The Labute approximate surface area is 137 Å². The van der Waals surface area contributed by atoms with E-state index in [1.807, 2.05) is 49.4 Å². The molecular weight excluding hydrogens is 352 g/mol. The highest BCUT2D eigenvalue weighted by molar-refractivity contribution is 9.10. The maximum atomic E-state index is 11.8. The van der Waals surface area contributed by atoms with E-state index in [1.54, 1.807) is 0 Å². The summed E-state index contributed by atoms with van der Waals surface area (Å²) in [5.41, 5.74) is 3.08. The van der Waals surface area contributed by atoms with Crippen molar-refractivity contribution in [2.45, 2.75) is 13.5 Å². The normalized spacial score (nSPS) is 10.2. The van der Waals surface area contributed by atoms with E-state index in [0.29, 0.717) is 11.6 Å². The summed E-state index contributed by atoms with van der Waals surface area (Å²) in [6.45, 7) is 2.75. The maximum absolute atomic E-state index is 11.8. The number of nitrogens with one attached hydrogen (secondary N) is 2. The van der Waals surface area contributed by atoms with Gasteiger partial charge in [0, 0.05) is 21.7 Å². The number of carbonyl (C=O) groups excluding carboxylic acids is 1. The Hall–Kier alpha value is -1.52. The molecule has 0 aliphatic carbocycles. The van der Waals surface area contributed by atoms with Crippen LogP contribution in [0.15, 0.2) is 46.9 Å². The number of halogens is 2. The molecule has 0 bridgehead atoms. The van der Waals surface area contributed by atoms with Gasteiger partial charge in [0.25, 0.3) is 0 Å². The molecule has 0 saturated carbocycles. The average Bonchev–Trinajstić information content (AvgIpc) is 2.48. The van der Waals surface area contributed by atoms with Crippen LogP contribution in [0, 0.1) is 6.92 Å². The summed E-state index contributed by atoms with van der Waals surface area (Å²) in [7, 11) is 0. The van der Waals surface area contributed by atoms with Crippen LogP contribution in [-0.4, -0.2) is 12.5 Å². The van der Waals surface area contributed by atoms with E-state index in [9.17, 15) is 4.79 Å². The summed E-state index contributed by atoms with van der Waals surface area (Å²) in [6.07, 6.45) is 0. The van der Waals surface area contributed by atoms with Crippen molar-refractivity contribution in [2.75, 3.05) is 11.9 Å². The zero-order valence-corrected chi connectivity index (χ0v) is 14.0. The molecule has 0 saturated heterocycles. The van der Waals surface area contributed by atoms with Crippen LogP contribution in [0.2, 0.25) is 5.02 Å². The van der Waals surface area contributed by atoms with E-state index in [4.69, 9.17) is 11.6 Å². The number of rotatable bonds is 5. The molecular formula is C16H16BrClN2O. The molecule has 0 spiro atoms. The summed E-state index contributed by atoms with van der Waals surface area (Å²) in [5, 5.41) is 6.66. The fraction of sp³-hybridized carbons (Fsp3) is 0.188. The second-order valence-corrected chi connectivity index (χ2v) is 6.01. The van der Waals surface area contributed by atoms with Gasteiger partial charge in [0.15, 0.2) is 0 Å². The molecule has 0 aromatic heterocycles. The molecule has 0 unspecified atom stereocenters. The molecule has 3 nitrogen and oxygen atoms in total. The third kappa shape index (κ3) is 5.06. The lowest BCUT2D eigenvalue weighted by molar-refractivity contribution is -0.119. The minimum absolute atomic E-state index is 0.0504. The summed E-state index contributed by atoms with van der Waals surface area (Å²) in [6, 6.07) is 13.3. The van der Waals surface area contributed by atoms with Gasteiger partial charge in [-0.2, -0.15) is 0 Å². The van der Waals surface area contributed by atoms with Crippen LogP contribution >= 0.6 is 27.5 Å². The number of carbonyl (C=O) groups is 1. The Bertz CT molecular complexity index is 629. The van der Waals surface area contributed by atoms with E-state index < -0.39 is 0 Å². The van der Waals surface area contributed by atoms with Crippen LogP contribution < -0.4 is 10.6 Å². The zero-order chi connectivity index (χ0) is 15.2. The second kappa shape index (κ2) is 7.48. The Morgan fingerprint density at radius 1 is 1.19 bits per heavy atom. The topological polar surface area (TPSA) is 41.1 Å². The summed E-state index contributed by atoms with van der Waals surface area (Å²) >= 11 is 9.26. The van der Waals surface area contributed by atoms with Crippen LogP contribution in [-0.2, 0) is 11.3 Å². The van der Waals surface area contributed by atoms with Crippen LogP contribution in [0.4, 0.5) is 5.69 Å². The standard InChI is InChI=1S/C16H16BrClN2O/c1-11-8-14(6-7-15(11)17)19-10-16(21)20-9-12-2-4-13(18)5-3-12/h2-8,19H,9-10H2,1H3,(H,20,21). The largest absolute Gasteiger partial charge is 0.376 e. The van der Waals surface area contributed by atoms with Crippen molar-refractivity contribution < 1.29 is 4.79 Å². The van der Waals surface area contributed by atoms with Gasteiger partial charge in [-0.25, -0.2) is 0 Å². The number of benzene rings is 2. The molecule has 2 aromatic rings. The number of anilines is 1. The van der Waals surface area contributed by atoms with E-state index >= 15 is 0 Å². The summed E-state index contributed by atoms with van der Waals surface area (Å²) in [4.78, 5) is 11.8. The van der Waals surface area contributed by atoms with Gasteiger partial charge in [0.2, 0.25) is 5.91 Å². The smallest absolute Gasteiger partial charge is 0.239 e. The van der Waals surface area contributed by atoms with E-state index in [1.165, 1.54) is 0 Å². The average molecular weight is 368 g/mol. The highest BCUT2D eigenvalue weighted by Crippen LogP contribution is 2.19. The SMILES string of the molecule is Cc1cc(NCC(=O)NCc2ccc(Cl)cc2)ccc1Br. The number of hydrogen-bond acceptors (Lipinski definition) is 2. The van der Waals surface area contributed by atoms with E-state index in [-0.39, 0.29) is 12.5 Å². The predicted octanol–water partition coefficient (Wildman–Crippen LogP) is 4.14. The van der Waals surface area contributed by atoms with Gasteiger partial charge < -0.3 is 10.6 Å². The van der Waals surface area contributed by atoms with Crippen molar-refractivity contribution >= 4 is 39.1 Å². The molecule has 5 heteroatoms. The van der Waals surface area contributed by atoms with Crippen molar-refractivity contribution in [2.24, 2.45) is 0 Å². The molecule has 1 amide bonds. The molecule has 2 N–H and O–H groups in total. The van der Waals surface area contributed by atoms with Crippen LogP contribution in [0.3, 0.4) is 0 Å². The fourth-order valence-corrected chi connectivity index (χ4v) is 2.18. The van der Waals surface area contributed by atoms with Gasteiger partial charge in [0.05, 0.1) is 6.54 Å². The molecule has 0 radical (unpaired) electrons.